The van der Waals surface area contributed by atoms with E-state index in [0.29, 0.717) is 12.5 Å². The number of hydrogen-bond donors (Lipinski definition) is 1. The van der Waals surface area contributed by atoms with Gasteiger partial charge < -0.3 is 5.73 Å². The molecule has 2 N–H and O–H groups in total. The van der Waals surface area contributed by atoms with E-state index in [4.69, 9.17) is 17.3 Å². The number of nitrogens with two attached hydrogens (primary N) is 1. The molecule has 0 radical (unpaired) electrons. The average molecular weight is 150 g/mol. The Morgan fingerprint density at radius 3 is 1.89 bits per heavy atom. The van der Waals surface area contributed by atoms with Gasteiger partial charge in [-0.05, 0) is 5.92 Å². The lowest BCUT2D eigenvalue weighted by atomic mass is 9.99. The number of alkyl halides is 1. The minimum atomic E-state index is 0.181. The van der Waals surface area contributed by atoms with Crippen LogP contribution >= 0.6 is 11.6 Å². The maximum Gasteiger partial charge on any atom is 0.0486 e. The third-order valence-electron chi connectivity index (χ3n) is 1.79. The summed E-state index contributed by atoms with van der Waals surface area (Å²) in [5.74, 6) is 0.608. The number of halogens is 1. The van der Waals surface area contributed by atoms with Crippen LogP contribution in [0.3, 0.4) is 0 Å². The van der Waals surface area contributed by atoms with Crippen LogP contribution in [-0.4, -0.2) is 11.9 Å². The van der Waals surface area contributed by atoms with Crippen LogP contribution in [0.15, 0.2) is 0 Å². The molecule has 0 aromatic rings. The zero-order valence-corrected chi connectivity index (χ0v) is 6.99. The monoisotopic (exact) mass is 149 g/mol. The maximum absolute atomic E-state index is 5.91. The van der Waals surface area contributed by atoms with Crippen molar-refractivity contribution in [3.8, 4) is 0 Å². The van der Waals surface area contributed by atoms with Gasteiger partial charge in [-0.1, -0.05) is 26.7 Å². The molecule has 0 saturated heterocycles. The van der Waals surface area contributed by atoms with Crippen LogP contribution in [-0.2, 0) is 0 Å². The Hall–Kier alpha value is 0.250. The Morgan fingerprint density at radius 1 is 1.33 bits per heavy atom. The molecule has 0 rings (SSSR count). The molecule has 0 aliphatic carbocycles. The van der Waals surface area contributed by atoms with Gasteiger partial charge >= 0.3 is 0 Å². The van der Waals surface area contributed by atoms with Crippen molar-refractivity contribution in [3.05, 3.63) is 0 Å². The van der Waals surface area contributed by atoms with Crippen LogP contribution in [0.1, 0.15) is 26.7 Å². The fraction of sp³-hybridized carbons (Fsp3) is 1.00. The molecule has 2 heteroatoms. The molecule has 0 aliphatic rings. The van der Waals surface area contributed by atoms with Gasteiger partial charge in [0, 0.05) is 11.9 Å². The van der Waals surface area contributed by atoms with Crippen LogP contribution in [0.25, 0.3) is 0 Å². The van der Waals surface area contributed by atoms with E-state index < -0.39 is 0 Å². The highest BCUT2D eigenvalue weighted by Crippen LogP contribution is 2.16. The molecule has 0 saturated carbocycles. The molecule has 1 unspecified atom stereocenters. The summed E-state index contributed by atoms with van der Waals surface area (Å²) in [5, 5.41) is 0.181. The molecular weight excluding hydrogens is 134 g/mol. The largest absolute Gasteiger partial charge is 0.329 e. The molecule has 0 aliphatic heterocycles. The van der Waals surface area contributed by atoms with E-state index >= 15 is 0 Å². The Bertz CT molecular complexity index is 61.9. The smallest absolute Gasteiger partial charge is 0.0486 e. The highest BCUT2D eigenvalue weighted by atomic mass is 35.5. The molecular formula is C7H16ClN. The molecule has 1 atom stereocenters. The Labute approximate surface area is 62.6 Å². The van der Waals surface area contributed by atoms with Gasteiger partial charge in [0.05, 0.1) is 0 Å². The van der Waals surface area contributed by atoms with Crippen molar-refractivity contribution in [1.29, 1.82) is 0 Å². The fourth-order valence-electron chi connectivity index (χ4n) is 0.993. The lowest BCUT2D eigenvalue weighted by molar-refractivity contribution is 0.470. The lowest BCUT2D eigenvalue weighted by Gasteiger charge is -2.16. The van der Waals surface area contributed by atoms with E-state index in [-0.39, 0.29) is 5.38 Å². The minimum absolute atomic E-state index is 0.181. The summed E-state index contributed by atoms with van der Waals surface area (Å²) < 4.78 is 0. The second kappa shape index (κ2) is 5.07. The van der Waals surface area contributed by atoms with Gasteiger partial charge in [-0.3, -0.25) is 0 Å². The van der Waals surface area contributed by atoms with Gasteiger partial charge in [-0.15, -0.1) is 11.6 Å². The highest BCUT2D eigenvalue weighted by Gasteiger charge is 2.12. The van der Waals surface area contributed by atoms with Gasteiger partial charge in [0.15, 0.2) is 0 Å². The average Bonchev–Trinajstić information content (AvgIpc) is 1.90. The molecule has 0 aromatic heterocycles. The summed E-state index contributed by atoms with van der Waals surface area (Å²) in [7, 11) is 0. The molecule has 0 spiro atoms. The minimum Gasteiger partial charge on any atom is -0.329 e. The molecule has 56 valence electrons. The first-order valence-electron chi connectivity index (χ1n) is 3.60. The molecule has 0 aromatic carbocycles. The SMILES string of the molecule is CCC(CC)C(Cl)CN. The standard InChI is InChI=1S/C7H16ClN/c1-3-6(4-2)7(8)5-9/h6-7H,3-5,9H2,1-2H3. The lowest BCUT2D eigenvalue weighted by Crippen LogP contribution is -2.22. The second-order valence-corrected chi connectivity index (χ2v) is 2.89. The molecule has 0 amide bonds. The molecule has 0 bridgehead atoms. The third-order valence-corrected chi connectivity index (χ3v) is 2.32. The van der Waals surface area contributed by atoms with Crippen LogP contribution in [0.4, 0.5) is 0 Å². The van der Waals surface area contributed by atoms with Crippen LogP contribution in [0.2, 0.25) is 0 Å². The predicted molar refractivity (Wildman–Crippen MR) is 42.8 cm³/mol. The van der Waals surface area contributed by atoms with E-state index in [1.165, 1.54) is 0 Å². The first-order chi connectivity index (χ1) is 4.26. The van der Waals surface area contributed by atoms with Crippen LogP contribution in [0.5, 0.6) is 0 Å². The van der Waals surface area contributed by atoms with Crippen LogP contribution in [0, 0.1) is 5.92 Å². The third kappa shape index (κ3) is 3.07. The van der Waals surface area contributed by atoms with E-state index in [0.717, 1.165) is 12.8 Å². The summed E-state index contributed by atoms with van der Waals surface area (Å²) in [6, 6.07) is 0. The van der Waals surface area contributed by atoms with Crippen molar-refractivity contribution < 1.29 is 0 Å². The highest BCUT2D eigenvalue weighted by molar-refractivity contribution is 6.20. The Balaban J connectivity index is 3.50. The van der Waals surface area contributed by atoms with Crippen molar-refractivity contribution in [2.75, 3.05) is 6.54 Å². The molecule has 9 heavy (non-hydrogen) atoms. The number of hydrogen-bond acceptors (Lipinski definition) is 1. The zero-order chi connectivity index (χ0) is 7.28. The van der Waals surface area contributed by atoms with Gasteiger partial charge in [-0.25, -0.2) is 0 Å². The van der Waals surface area contributed by atoms with E-state index in [1.54, 1.807) is 0 Å². The maximum atomic E-state index is 5.91. The molecule has 1 nitrogen and oxygen atoms in total. The topological polar surface area (TPSA) is 26.0 Å². The van der Waals surface area contributed by atoms with E-state index in [1.807, 2.05) is 0 Å². The van der Waals surface area contributed by atoms with E-state index in [2.05, 4.69) is 13.8 Å². The van der Waals surface area contributed by atoms with Crippen molar-refractivity contribution >= 4 is 11.6 Å². The quantitative estimate of drug-likeness (QED) is 0.608. The van der Waals surface area contributed by atoms with Gasteiger partial charge in [0.2, 0.25) is 0 Å². The van der Waals surface area contributed by atoms with Crippen molar-refractivity contribution in [2.24, 2.45) is 11.7 Å². The Morgan fingerprint density at radius 2 is 1.78 bits per heavy atom. The fourth-order valence-corrected chi connectivity index (χ4v) is 1.35. The van der Waals surface area contributed by atoms with Gasteiger partial charge in [0.1, 0.15) is 0 Å². The van der Waals surface area contributed by atoms with Crippen molar-refractivity contribution in [1.82, 2.24) is 0 Å². The first kappa shape index (κ1) is 9.25. The summed E-state index contributed by atoms with van der Waals surface area (Å²) in [6.07, 6.45) is 2.28. The zero-order valence-electron chi connectivity index (χ0n) is 6.23. The van der Waals surface area contributed by atoms with Crippen LogP contribution < -0.4 is 5.73 Å². The molecule has 0 fully saturated rings. The van der Waals surface area contributed by atoms with Gasteiger partial charge in [0.25, 0.3) is 0 Å². The summed E-state index contributed by atoms with van der Waals surface area (Å²) >= 11 is 5.91. The van der Waals surface area contributed by atoms with Gasteiger partial charge in [-0.2, -0.15) is 0 Å². The van der Waals surface area contributed by atoms with Crippen molar-refractivity contribution in [2.45, 2.75) is 32.1 Å². The number of rotatable bonds is 4. The van der Waals surface area contributed by atoms with Crippen molar-refractivity contribution in [3.63, 3.8) is 0 Å². The second-order valence-electron chi connectivity index (χ2n) is 2.33. The normalized spacial score (nSPS) is 14.3. The molecule has 0 heterocycles. The summed E-state index contributed by atoms with van der Waals surface area (Å²) in [6.45, 7) is 4.91. The summed E-state index contributed by atoms with van der Waals surface area (Å²) in [4.78, 5) is 0. The summed E-state index contributed by atoms with van der Waals surface area (Å²) in [5.41, 5.74) is 5.39. The van der Waals surface area contributed by atoms with E-state index in [9.17, 15) is 0 Å². The Kier molecular flexibility index (Phi) is 5.21. The predicted octanol–water partition coefficient (Wildman–Crippen LogP) is 1.99. The first-order valence-corrected chi connectivity index (χ1v) is 4.04.